The monoisotopic (exact) mass is 285 g/mol. The molecule has 1 N–H and O–H groups in total. The lowest BCUT2D eigenvalue weighted by Crippen LogP contribution is -2.38. The van der Waals surface area contributed by atoms with E-state index in [1.165, 1.54) is 0 Å². The van der Waals surface area contributed by atoms with Gasteiger partial charge in [0.1, 0.15) is 0 Å². The van der Waals surface area contributed by atoms with Crippen LogP contribution in [0.2, 0.25) is 0 Å². The molecule has 0 saturated carbocycles. The molecule has 0 bridgehead atoms. The molecule has 0 aromatic heterocycles. The van der Waals surface area contributed by atoms with Crippen molar-refractivity contribution in [2.75, 3.05) is 7.05 Å². The first-order valence-electron chi connectivity index (χ1n) is 7.28. The van der Waals surface area contributed by atoms with Crippen molar-refractivity contribution in [2.45, 2.75) is 32.5 Å². The molecule has 0 radical (unpaired) electrons. The van der Waals surface area contributed by atoms with Crippen LogP contribution in [0, 0.1) is 0 Å². The Kier molecular flexibility index (Phi) is 6.41. The molecule has 2 aromatic carbocycles. The first-order valence-corrected chi connectivity index (χ1v) is 7.28. The lowest BCUT2D eigenvalue weighted by molar-refractivity contribution is -0.169. The Morgan fingerprint density at radius 1 is 0.810 bits per heavy atom. The van der Waals surface area contributed by atoms with Crippen LogP contribution in [-0.2, 0) is 22.7 Å². The van der Waals surface area contributed by atoms with Gasteiger partial charge in [0, 0.05) is 0 Å². The third-order valence-corrected chi connectivity index (χ3v) is 3.38. The van der Waals surface area contributed by atoms with Crippen LogP contribution < -0.4 is 5.32 Å². The third-order valence-electron chi connectivity index (χ3n) is 3.38. The van der Waals surface area contributed by atoms with E-state index in [9.17, 15) is 0 Å². The molecular weight excluding hydrogens is 262 g/mol. The van der Waals surface area contributed by atoms with Crippen LogP contribution in [0.5, 0.6) is 0 Å². The second-order valence-corrected chi connectivity index (χ2v) is 5.04. The fourth-order valence-corrected chi connectivity index (χ4v) is 1.98. The van der Waals surface area contributed by atoms with Gasteiger partial charge in [-0.2, -0.15) is 0 Å². The van der Waals surface area contributed by atoms with Gasteiger partial charge in [0.05, 0.1) is 19.3 Å². The molecule has 1 atom stereocenters. The van der Waals surface area contributed by atoms with Gasteiger partial charge in [-0.05, 0) is 25.1 Å². The topological polar surface area (TPSA) is 30.5 Å². The van der Waals surface area contributed by atoms with Crippen LogP contribution in [0.1, 0.15) is 18.1 Å². The summed E-state index contributed by atoms with van der Waals surface area (Å²) >= 11 is 0. The molecule has 112 valence electrons. The summed E-state index contributed by atoms with van der Waals surface area (Å²) in [4.78, 5) is 0. The maximum atomic E-state index is 5.92. The summed E-state index contributed by atoms with van der Waals surface area (Å²) in [5, 5.41) is 3.19. The molecule has 0 fully saturated rings. The molecule has 0 aliphatic heterocycles. The number of hydrogen-bond donors (Lipinski definition) is 1. The van der Waals surface area contributed by atoms with Crippen LogP contribution >= 0.6 is 0 Å². The van der Waals surface area contributed by atoms with Crippen LogP contribution in [0.4, 0.5) is 0 Å². The predicted octanol–water partition coefficient (Wildman–Crippen LogP) is 3.35. The summed E-state index contributed by atoms with van der Waals surface area (Å²) < 4.78 is 11.8. The van der Waals surface area contributed by atoms with Crippen molar-refractivity contribution in [1.29, 1.82) is 0 Å². The Bertz CT molecular complexity index is 458. The fraction of sp³-hybridized carbons (Fsp3) is 0.333. The lowest BCUT2D eigenvalue weighted by atomic mass is 10.2. The number of rotatable bonds is 8. The predicted molar refractivity (Wildman–Crippen MR) is 84.8 cm³/mol. The van der Waals surface area contributed by atoms with E-state index in [4.69, 9.17) is 9.47 Å². The Hall–Kier alpha value is -1.68. The van der Waals surface area contributed by atoms with Crippen LogP contribution in [0.25, 0.3) is 0 Å². The average molecular weight is 285 g/mol. The minimum absolute atomic E-state index is 0.123. The minimum atomic E-state index is -0.282. The van der Waals surface area contributed by atoms with E-state index >= 15 is 0 Å². The van der Waals surface area contributed by atoms with E-state index in [0.29, 0.717) is 13.2 Å². The second kappa shape index (κ2) is 8.57. The van der Waals surface area contributed by atoms with Gasteiger partial charge in [0.15, 0.2) is 6.29 Å². The molecule has 3 heteroatoms. The molecule has 1 unspecified atom stereocenters. The molecule has 2 aromatic rings. The zero-order chi connectivity index (χ0) is 14.9. The van der Waals surface area contributed by atoms with Gasteiger partial charge in [-0.15, -0.1) is 0 Å². The van der Waals surface area contributed by atoms with Crippen LogP contribution in [0.3, 0.4) is 0 Å². The van der Waals surface area contributed by atoms with E-state index in [0.717, 1.165) is 11.1 Å². The maximum Gasteiger partial charge on any atom is 0.173 e. The fourth-order valence-electron chi connectivity index (χ4n) is 1.98. The molecule has 0 amide bonds. The standard InChI is InChI=1S/C18H23NO2/c1-15(19-2)18(20-13-16-9-5-3-6-10-16)21-14-17-11-7-4-8-12-17/h3-12,15,18-19H,13-14H2,1-2H3. The highest BCUT2D eigenvalue weighted by molar-refractivity contribution is 5.14. The SMILES string of the molecule is CNC(C)C(OCc1ccccc1)OCc1ccccc1. The molecular formula is C18H23NO2. The molecule has 0 aliphatic carbocycles. The Morgan fingerprint density at radius 3 is 1.62 bits per heavy atom. The minimum Gasteiger partial charge on any atom is -0.346 e. The normalized spacial score (nSPS) is 12.5. The van der Waals surface area contributed by atoms with Crippen molar-refractivity contribution >= 4 is 0 Å². The van der Waals surface area contributed by atoms with Crippen molar-refractivity contribution in [1.82, 2.24) is 5.32 Å². The summed E-state index contributed by atoms with van der Waals surface area (Å²) in [6.45, 7) is 3.15. The van der Waals surface area contributed by atoms with Gasteiger partial charge in [-0.1, -0.05) is 60.7 Å². The Balaban J connectivity index is 1.88. The van der Waals surface area contributed by atoms with E-state index in [-0.39, 0.29) is 12.3 Å². The largest absolute Gasteiger partial charge is 0.346 e. The van der Waals surface area contributed by atoms with E-state index in [2.05, 4.69) is 36.5 Å². The highest BCUT2D eigenvalue weighted by Gasteiger charge is 2.17. The zero-order valence-corrected chi connectivity index (χ0v) is 12.7. The first-order chi connectivity index (χ1) is 10.3. The molecule has 2 rings (SSSR count). The highest BCUT2D eigenvalue weighted by atomic mass is 16.7. The highest BCUT2D eigenvalue weighted by Crippen LogP contribution is 2.10. The van der Waals surface area contributed by atoms with Crippen molar-refractivity contribution in [2.24, 2.45) is 0 Å². The van der Waals surface area contributed by atoms with E-state index < -0.39 is 0 Å². The van der Waals surface area contributed by atoms with Crippen molar-refractivity contribution in [3.05, 3.63) is 71.8 Å². The maximum absolute atomic E-state index is 5.92. The second-order valence-electron chi connectivity index (χ2n) is 5.04. The third kappa shape index (κ3) is 5.31. The van der Waals surface area contributed by atoms with Crippen molar-refractivity contribution < 1.29 is 9.47 Å². The Morgan fingerprint density at radius 2 is 1.24 bits per heavy atom. The van der Waals surface area contributed by atoms with Crippen molar-refractivity contribution in [3.63, 3.8) is 0 Å². The first kappa shape index (κ1) is 15.7. The lowest BCUT2D eigenvalue weighted by Gasteiger charge is -2.24. The average Bonchev–Trinajstić information content (AvgIpc) is 2.56. The number of ether oxygens (including phenoxy) is 2. The van der Waals surface area contributed by atoms with Gasteiger partial charge in [0.2, 0.25) is 0 Å². The number of benzene rings is 2. The number of hydrogen-bond acceptors (Lipinski definition) is 3. The van der Waals surface area contributed by atoms with E-state index in [1.807, 2.05) is 43.4 Å². The number of likely N-dealkylation sites (N-methyl/N-ethyl adjacent to an activating group) is 1. The van der Waals surface area contributed by atoms with Crippen LogP contribution in [-0.4, -0.2) is 19.4 Å². The quantitative estimate of drug-likeness (QED) is 0.754. The zero-order valence-electron chi connectivity index (χ0n) is 12.7. The number of nitrogens with one attached hydrogen (secondary N) is 1. The molecule has 0 saturated heterocycles. The molecule has 3 nitrogen and oxygen atoms in total. The summed E-state index contributed by atoms with van der Waals surface area (Å²) in [6.07, 6.45) is -0.282. The van der Waals surface area contributed by atoms with Gasteiger partial charge in [-0.3, -0.25) is 0 Å². The Labute approximate surface area is 126 Å². The van der Waals surface area contributed by atoms with Gasteiger partial charge < -0.3 is 14.8 Å². The van der Waals surface area contributed by atoms with E-state index in [1.54, 1.807) is 0 Å². The summed E-state index contributed by atoms with van der Waals surface area (Å²) in [7, 11) is 1.91. The molecule has 21 heavy (non-hydrogen) atoms. The van der Waals surface area contributed by atoms with Crippen LogP contribution in [0.15, 0.2) is 60.7 Å². The molecule has 0 heterocycles. The molecule has 0 spiro atoms. The summed E-state index contributed by atoms with van der Waals surface area (Å²) in [5.41, 5.74) is 2.29. The summed E-state index contributed by atoms with van der Waals surface area (Å²) in [5.74, 6) is 0. The van der Waals surface area contributed by atoms with Gasteiger partial charge >= 0.3 is 0 Å². The molecule has 0 aliphatic rings. The smallest absolute Gasteiger partial charge is 0.173 e. The summed E-state index contributed by atoms with van der Waals surface area (Å²) in [6, 6.07) is 20.4. The van der Waals surface area contributed by atoms with Gasteiger partial charge in [-0.25, -0.2) is 0 Å². The van der Waals surface area contributed by atoms with Crippen molar-refractivity contribution in [3.8, 4) is 0 Å². The van der Waals surface area contributed by atoms with Gasteiger partial charge in [0.25, 0.3) is 0 Å².